The molecule has 0 N–H and O–H groups in total. The van der Waals surface area contributed by atoms with Crippen molar-refractivity contribution in [2.45, 2.75) is 19.6 Å². The summed E-state index contributed by atoms with van der Waals surface area (Å²) in [6.07, 6.45) is 7.03. The summed E-state index contributed by atoms with van der Waals surface area (Å²) in [5.41, 5.74) is 1.47. The SMILES string of the molecule is CN(Cc1ccc2c(=O)n(Cc3c(F)cc(-c4ccncc4)cc3F)cnc2n1)c1ccc(-c2cc(F)c(Cn3cnc4ccccc4c3=O)c(F)c2)cn1. The smallest absolute Gasteiger partial charge is 0.263 e. The summed E-state index contributed by atoms with van der Waals surface area (Å²) in [4.78, 5) is 49.4. The van der Waals surface area contributed by atoms with E-state index in [4.69, 9.17) is 0 Å². The molecule has 0 saturated carbocycles. The predicted octanol–water partition coefficient (Wildman–Crippen LogP) is 6.91. The molecule has 0 bridgehead atoms. The molecule has 10 nitrogen and oxygen atoms in total. The van der Waals surface area contributed by atoms with Gasteiger partial charge in [-0.15, -0.1) is 0 Å². The number of benzene rings is 3. The molecule has 0 radical (unpaired) electrons. The number of pyridine rings is 3. The molecule has 14 heteroatoms. The Bertz CT molecular complexity index is 2820. The summed E-state index contributed by atoms with van der Waals surface area (Å²) >= 11 is 0. The van der Waals surface area contributed by atoms with Gasteiger partial charge in [0, 0.05) is 42.3 Å². The maximum atomic E-state index is 15.3. The number of nitrogens with zero attached hydrogens (tertiary/aromatic N) is 8. The van der Waals surface area contributed by atoms with Crippen molar-refractivity contribution in [3.63, 3.8) is 0 Å². The van der Waals surface area contributed by atoms with E-state index in [0.717, 1.165) is 4.57 Å². The van der Waals surface area contributed by atoms with Crippen LogP contribution in [0.2, 0.25) is 0 Å². The van der Waals surface area contributed by atoms with E-state index in [9.17, 15) is 9.59 Å². The highest BCUT2D eigenvalue weighted by molar-refractivity contribution is 5.77. The molecule has 3 aromatic carbocycles. The van der Waals surface area contributed by atoms with Gasteiger partial charge in [0.1, 0.15) is 35.4 Å². The minimum absolute atomic E-state index is 0.165. The Morgan fingerprint density at radius 2 is 1.22 bits per heavy atom. The lowest BCUT2D eigenvalue weighted by Crippen LogP contribution is -2.23. The van der Waals surface area contributed by atoms with Gasteiger partial charge in [-0.1, -0.05) is 12.1 Å². The zero-order valence-electron chi connectivity index (χ0n) is 29.0. The number of fused-ring (bicyclic) bond motifs is 2. The van der Waals surface area contributed by atoms with E-state index < -0.39 is 34.4 Å². The number of para-hydroxylation sites is 1. The van der Waals surface area contributed by atoms with Crippen LogP contribution >= 0.6 is 0 Å². The summed E-state index contributed by atoms with van der Waals surface area (Å²) < 4.78 is 62.9. The van der Waals surface area contributed by atoms with Gasteiger partial charge in [-0.2, -0.15) is 0 Å². The van der Waals surface area contributed by atoms with Crippen molar-refractivity contribution >= 4 is 27.8 Å². The van der Waals surface area contributed by atoms with Crippen molar-refractivity contribution in [3.05, 3.63) is 177 Å². The van der Waals surface area contributed by atoms with Gasteiger partial charge in [-0.05, 0) is 89.5 Å². The molecule has 0 aliphatic rings. The number of anilines is 1. The van der Waals surface area contributed by atoms with Gasteiger partial charge in [0.2, 0.25) is 0 Å². The Hall–Kier alpha value is -7.09. The monoisotopic (exact) mass is 740 g/mol. The first-order chi connectivity index (χ1) is 26.6. The van der Waals surface area contributed by atoms with Gasteiger partial charge < -0.3 is 4.90 Å². The lowest BCUT2D eigenvalue weighted by molar-refractivity contribution is 0.541. The molecule has 0 aliphatic carbocycles. The van der Waals surface area contributed by atoms with Gasteiger partial charge in [0.05, 0.1) is 47.9 Å². The zero-order chi connectivity index (χ0) is 38.2. The topological polar surface area (TPSA) is 112 Å². The maximum Gasteiger partial charge on any atom is 0.263 e. The van der Waals surface area contributed by atoms with Crippen LogP contribution in [0.15, 0.2) is 126 Å². The van der Waals surface area contributed by atoms with Crippen LogP contribution in [0.25, 0.3) is 44.2 Å². The van der Waals surface area contributed by atoms with Gasteiger partial charge in [-0.25, -0.2) is 37.5 Å². The third-order valence-electron chi connectivity index (χ3n) is 9.30. The fourth-order valence-electron chi connectivity index (χ4n) is 6.34. The summed E-state index contributed by atoms with van der Waals surface area (Å²) in [5.74, 6) is -2.67. The number of rotatable bonds is 9. The number of hydrogen-bond donors (Lipinski definition) is 0. The van der Waals surface area contributed by atoms with Gasteiger partial charge in [-0.3, -0.25) is 23.7 Å². The molecular weight excluding hydrogens is 712 g/mol. The first-order valence-corrected chi connectivity index (χ1v) is 17.0. The summed E-state index contributed by atoms with van der Waals surface area (Å²) in [7, 11) is 1.78. The molecular formula is C41H28F4N8O2. The van der Waals surface area contributed by atoms with Crippen LogP contribution in [-0.2, 0) is 19.6 Å². The second-order valence-corrected chi connectivity index (χ2v) is 12.9. The number of aromatic nitrogens is 7. The second-order valence-electron chi connectivity index (χ2n) is 12.9. The Labute approximate surface area is 309 Å². The van der Waals surface area contributed by atoms with Gasteiger partial charge in [0.25, 0.3) is 11.1 Å². The molecule has 5 heterocycles. The molecule has 8 rings (SSSR count). The molecule has 0 fully saturated rings. The first kappa shape index (κ1) is 35.0. The van der Waals surface area contributed by atoms with E-state index in [1.54, 1.807) is 72.6 Å². The second kappa shape index (κ2) is 14.4. The molecule has 0 atom stereocenters. The molecule has 0 spiro atoms. The van der Waals surface area contributed by atoms with E-state index >= 15 is 17.6 Å². The van der Waals surface area contributed by atoms with Gasteiger partial charge in [0.15, 0.2) is 5.65 Å². The molecule has 5 aromatic heterocycles. The zero-order valence-corrected chi connectivity index (χ0v) is 29.0. The van der Waals surface area contributed by atoms with Crippen molar-refractivity contribution in [2.75, 3.05) is 11.9 Å². The molecule has 0 aliphatic heterocycles. The van der Waals surface area contributed by atoms with Crippen LogP contribution in [0.5, 0.6) is 0 Å². The minimum Gasteiger partial charge on any atom is -0.354 e. The Morgan fingerprint density at radius 3 is 1.85 bits per heavy atom. The van der Waals surface area contributed by atoms with Crippen molar-refractivity contribution < 1.29 is 17.6 Å². The maximum absolute atomic E-state index is 15.3. The normalized spacial score (nSPS) is 11.4. The lowest BCUT2D eigenvalue weighted by atomic mass is 10.0. The van der Waals surface area contributed by atoms with E-state index in [0.29, 0.717) is 39.1 Å². The fourth-order valence-corrected chi connectivity index (χ4v) is 6.34. The Balaban J connectivity index is 0.957. The Kier molecular flexibility index (Phi) is 9.14. The molecule has 0 amide bonds. The number of halogens is 4. The quantitative estimate of drug-likeness (QED) is 0.147. The average molecular weight is 741 g/mol. The summed E-state index contributed by atoms with van der Waals surface area (Å²) in [5, 5.41) is 0.530. The van der Waals surface area contributed by atoms with E-state index in [2.05, 4.69) is 24.9 Å². The van der Waals surface area contributed by atoms with E-state index in [-0.39, 0.29) is 47.4 Å². The average Bonchev–Trinajstić information content (AvgIpc) is 3.19. The van der Waals surface area contributed by atoms with Crippen LogP contribution in [0.3, 0.4) is 0 Å². The molecule has 8 aromatic rings. The van der Waals surface area contributed by atoms with Gasteiger partial charge >= 0.3 is 0 Å². The fraction of sp³-hybridized carbons (Fsp3) is 0.0976. The van der Waals surface area contributed by atoms with E-state index in [1.165, 1.54) is 60.1 Å². The first-order valence-electron chi connectivity index (χ1n) is 17.0. The molecule has 0 unspecified atom stereocenters. The van der Waals surface area contributed by atoms with Crippen molar-refractivity contribution in [1.29, 1.82) is 0 Å². The number of hydrogen-bond acceptors (Lipinski definition) is 8. The standard InChI is InChI=1S/C41H28F4N8O2/c1-51(38-9-6-25(18-47-38)27-16-35(44)31(36(45)17-27)20-52-22-48-37-5-3-2-4-29(37)40(52)54)19-28-7-8-30-39(50-28)49-23-53(41(30)55)21-32-33(42)14-26(15-34(32)43)24-10-12-46-13-11-24/h2-18,22-23H,19-21H2,1H3. The molecule has 272 valence electrons. The minimum atomic E-state index is -0.811. The van der Waals surface area contributed by atoms with Crippen LogP contribution < -0.4 is 16.0 Å². The third-order valence-corrected chi connectivity index (χ3v) is 9.30. The molecule has 55 heavy (non-hydrogen) atoms. The highest BCUT2D eigenvalue weighted by Crippen LogP contribution is 2.27. The highest BCUT2D eigenvalue weighted by Gasteiger charge is 2.18. The summed E-state index contributed by atoms with van der Waals surface area (Å²) in [6, 6.07) is 21.5. The summed E-state index contributed by atoms with van der Waals surface area (Å²) in [6.45, 7) is -0.419. The van der Waals surface area contributed by atoms with Crippen LogP contribution in [0.4, 0.5) is 23.4 Å². The van der Waals surface area contributed by atoms with Crippen molar-refractivity contribution in [1.82, 2.24) is 34.1 Å². The van der Waals surface area contributed by atoms with Crippen LogP contribution in [0, 0.1) is 23.3 Å². The largest absolute Gasteiger partial charge is 0.354 e. The van der Waals surface area contributed by atoms with Crippen molar-refractivity contribution in [3.8, 4) is 22.3 Å². The highest BCUT2D eigenvalue weighted by atomic mass is 19.1. The van der Waals surface area contributed by atoms with E-state index in [1.807, 2.05) is 0 Å². The molecule has 0 saturated heterocycles. The third kappa shape index (κ3) is 6.92. The van der Waals surface area contributed by atoms with Crippen molar-refractivity contribution in [2.24, 2.45) is 0 Å². The van der Waals surface area contributed by atoms with Crippen LogP contribution in [-0.4, -0.2) is 41.1 Å². The lowest BCUT2D eigenvalue weighted by Gasteiger charge is -2.18. The van der Waals surface area contributed by atoms with Crippen LogP contribution in [0.1, 0.15) is 16.8 Å². The predicted molar refractivity (Wildman–Crippen MR) is 199 cm³/mol. The Morgan fingerprint density at radius 1 is 0.618 bits per heavy atom.